The SMILES string of the molecule is CC(C)(C)C1CCC(C(=O)N2C[C@H]3CNC[C@H]3C2)CC1. The Morgan fingerprint density at radius 2 is 1.55 bits per heavy atom. The minimum atomic E-state index is 0.320. The van der Waals surface area contributed by atoms with Crippen molar-refractivity contribution in [2.45, 2.75) is 46.5 Å². The summed E-state index contributed by atoms with van der Waals surface area (Å²) in [5.41, 5.74) is 0.407. The van der Waals surface area contributed by atoms with Crippen molar-refractivity contribution in [3.63, 3.8) is 0 Å². The molecule has 2 saturated heterocycles. The van der Waals surface area contributed by atoms with Gasteiger partial charge in [0.2, 0.25) is 5.91 Å². The van der Waals surface area contributed by atoms with Gasteiger partial charge in [0.1, 0.15) is 0 Å². The average molecular weight is 278 g/mol. The van der Waals surface area contributed by atoms with E-state index < -0.39 is 0 Å². The quantitative estimate of drug-likeness (QED) is 0.799. The number of nitrogens with zero attached hydrogens (tertiary/aromatic N) is 1. The largest absolute Gasteiger partial charge is 0.342 e. The number of carbonyl (C=O) groups excluding carboxylic acids is 1. The van der Waals surface area contributed by atoms with Crippen LogP contribution in [-0.4, -0.2) is 37.0 Å². The summed E-state index contributed by atoms with van der Waals surface area (Å²) in [6.07, 6.45) is 4.71. The van der Waals surface area contributed by atoms with Gasteiger partial charge in [-0.2, -0.15) is 0 Å². The van der Waals surface area contributed by atoms with Gasteiger partial charge in [0.05, 0.1) is 0 Å². The van der Waals surface area contributed by atoms with Gasteiger partial charge in [0, 0.05) is 32.1 Å². The molecule has 0 aromatic carbocycles. The van der Waals surface area contributed by atoms with Gasteiger partial charge in [-0.3, -0.25) is 4.79 Å². The van der Waals surface area contributed by atoms with Gasteiger partial charge in [0.15, 0.2) is 0 Å². The lowest BCUT2D eigenvalue weighted by atomic mass is 9.69. The summed E-state index contributed by atoms with van der Waals surface area (Å²) in [7, 11) is 0. The maximum Gasteiger partial charge on any atom is 0.225 e. The second kappa shape index (κ2) is 5.32. The zero-order valence-electron chi connectivity index (χ0n) is 13.3. The number of hydrogen-bond acceptors (Lipinski definition) is 2. The first-order valence-electron chi connectivity index (χ1n) is 8.44. The lowest BCUT2D eigenvalue weighted by Gasteiger charge is -2.37. The van der Waals surface area contributed by atoms with Gasteiger partial charge in [0.25, 0.3) is 0 Å². The molecule has 3 rings (SSSR count). The van der Waals surface area contributed by atoms with Gasteiger partial charge < -0.3 is 10.2 Å². The Kier molecular flexibility index (Phi) is 3.83. The van der Waals surface area contributed by atoms with E-state index in [0.717, 1.165) is 56.8 Å². The van der Waals surface area contributed by atoms with Crippen molar-refractivity contribution in [2.24, 2.45) is 29.1 Å². The van der Waals surface area contributed by atoms with Crippen molar-refractivity contribution in [3.05, 3.63) is 0 Å². The summed E-state index contributed by atoms with van der Waals surface area (Å²) in [5, 5.41) is 3.45. The molecule has 1 N–H and O–H groups in total. The third-order valence-corrected chi connectivity index (χ3v) is 6.00. The average Bonchev–Trinajstić information content (AvgIpc) is 2.97. The number of fused-ring (bicyclic) bond motifs is 1. The van der Waals surface area contributed by atoms with Crippen molar-refractivity contribution in [3.8, 4) is 0 Å². The highest BCUT2D eigenvalue weighted by molar-refractivity contribution is 5.79. The molecule has 2 heterocycles. The van der Waals surface area contributed by atoms with E-state index >= 15 is 0 Å². The second-order valence-electron chi connectivity index (χ2n) is 8.34. The van der Waals surface area contributed by atoms with E-state index in [1.54, 1.807) is 0 Å². The molecule has 0 bridgehead atoms. The minimum absolute atomic E-state index is 0.320. The molecule has 0 aromatic rings. The first kappa shape index (κ1) is 14.4. The molecule has 2 atom stereocenters. The van der Waals surface area contributed by atoms with E-state index in [0.29, 0.717) is 17.2 Å². The molecule has 0 radical (unpaired) electrons. The molecule has 3 nitrogen and oxygen atoms in total. The summed E-state index contributed by atoms with van der Waals surface area (Å²) in [6, 6.07) is 0. The third-order valence-electron chi connectivity index (χ3n) is 6.00. The minimum Gasteiger partial charge on any atom is -0.342 e. The standard InChI is InChI=1S/C17H30N2O/c1-17(2,3)15-6-4-12(5-7-15)16(20)19-10-13-8-18-9-14(13)11-19/h12-15,18H,4-11H2,1-3H3/t12?,13-,14+,15?. The molecule has 1 aliphatic carbocycles. The maximum absolute atomic E-state index is 12.7. The van der Waals surface area contributed by atoms with Gasteiger partial charge in [-0.1, -0.05) is 20.8 Å². The van der Waals surface area contributed by atoms with Crippen LogP contribution in [0.5, 0.6) is 0 Å². The summed E-state index contributed by atoms with van der Waals surface area (Å²) < 4.78 is 0. The van der Waals surface area contributed by atoms with Crippen LogP contribution >= 0.6 is 0 Å². The summed E-state index contributed by atoms with van der Waals surface area (Å²) in [4.78, 5) is 14.9. The van der Waals surface area contributed by atoms with Crippen LogP contribution in [0.1, 0.15) is 46.5 Å². The maximum atomic E-state index is 12.7. The number of rotatable bonds is 1. The molecule has 3 aliphatic rings. The van der Waals surface area contributed by atoms with Crippen molar-refractivity contribution in [1.29, 1.82) is 0 Å². The second-order valence-corrected chi connectivity index (χ2v) is 8.34. The molecular weight excluding hydrogens is 248 g/mol. The first-order chi connectivity index (χ1) is 9.45. The van der Waals surface area contributed by atoms with Crippen LogP contribution in [0.4, 0.5) is 0 Å². The number of hydrogen-bond donors (Lipinski definition) is 1. The molecule has 1 amide bonds. The molecule has 3 heteroatoms. The Labute approximate surface area is 123 Å². The zero-order chi connectivity index (χ0) is 14.3. The van der Waals surface area contributed by atoms with Crippen LogP contribution in [0.25, 0.3) is 0 Å². The topological polar surface area (TPSA) is 32.3 Å². The van der Waals surface area contributed by atoms with E-state index in [1.165, 1.54) is 12.8 Å². The number of amides is 1. The van der Waals surface area contributed by atoms with E-state index in [4.69, 9.17) is 0 Å². The Morgan fingerprint density at radius 1 is 1.00 bits per heavy atom. The van der Waals surface area contributed by atoms with E-state index in [1.807, 2.05) is 0 Å². The third kappa shape index (κ3) is 2.74. The van der Waals surface area contributed by atoms with Crippen molar-refractivity contribution in [2.75, 3.05) is 26.2 Å². The monoisotopic (exact) mass is 278 g/mol. The number of likely N-dealkylation sites (tertiary alicyclic amines) is 1. The molecule has 0 unspecified atom stereocenters. The Bertz CT molecular complexity index is 354. The van der Waals surface area contributed by atoms with E-state index in [2.05, 4.69) is 31.0 Å². The number of nitrogens with one attached hydrogen (secondary N) is 1. The fourth-order valence-electron chi connectivity index (χ4n) is 4.50. The van der Waals surface area contributed by atoms with E-state index in [9.17, 15) is 4.79 Å². The highest BCUT2D eigenvalue weighted by atomic mass is 16.2. The highest BCUT2D eigenvalue weighted by Crippen LogP contribution is 2.40. The van der Waals surface area contributed by atoms with Gasteiger partial charge in [-0.15, -0.1) is 0 Å². The normalized spacial score (nSPS) is 38.0. The van der Waals surface area contributed by atoms with Crippen molar-refractivity contribution >= 4 is 5.91 Å². The van der Waals surface area contributed by atoms with E-state index in [-0.39, 0.29) is 0 Å². The lowest BCUT2D eigenvalue weighted by Crippen LogP contribution is -2.39. The molecule has 2 aliphatic heterocycles. The van der Waals surface area contributed by atoms with Crippen LogP contribution in [0.15, 0.2) is 0 Å². The first-order valence-corrected chi connectivity index (χ1v) is 8.44. The van der Waals surface area contributed by atoms with Gasteiger partial charge in [-0.05, 0) is 48.9 Å². The predicted molar refractivity (Wildman–Crippen MR) is 81.3 cm³/mol. The zero-order valence-corrected chi connectivity index (χ0v) is 13.3. The Hall–Kier alpha value is -0.570. The molecular formula is C17H30N2O. The molecule has 0 spiro atoms. The summed E-state index contributed by atoms with van der Waals surface area (Å²) >= 11 is 0. The Morgan fingerprint density at radius 3 is 2.05 bits per heavy atom. The molecule has 1 saturated carbocycles. The predicted octanol–water partition coefficient (Wildman–Crippen LogP) is 2.52. The number of carbonyl (C=O) groups is 1. The van der Waals surface area contributed by atoms with Crippen LogP contribution in [-0.2, 0) is 4.79 Å². The van der Waals surface area contributed by atoms with Crippen LogP contribution in [0.2, 0.25) is 0 Å². The van der Waals surface area contributed by atoms with Crippen molar-refractivity contribution < 1.29 is 4.79 Å². The van der Waals surface area contributed by atoms with Gasteiger partial charge in [-0.25, -0.2) is 0 Å². The highest BCUT2D eigenvalue weighted by Gasteiger charge is 2.41. The van der Waals surface area contributed by atoms with Crippen LogP contribution < -0.4 is 5.32 Å². The van der Waals surface area contributed by atoms with Crippen LogP contribution in [0.3, 0.4) is 0 Å². The molecule has 0 aromatic heterocycles. The smallest absolute Gasteiger partial charge is 0.225 e. The fourth-order valence-corrected chi connectivity index (χ4v) is 4.50. The summed E-state index contributed by atoms with van der Waals surface area (Å²) in [6.45, 7) is 11.3. The Balaban J connectivity index is 1.52. The van der Waals surface area contributed by atoms with Crippen molar-refractivity contribution in [1.82, 2.24) is 10.2 Å². The fraction of sp³-hybridized carbons (Fsp3) is 0.941. The molecule has 114 valence electrons. The lowest BCUT2D eigenvalue weighted by molar-refractivity contribution is -0.136. The molecule has 20 heavy (non-hydrogen) atoms. The van der Waals surface area contributed by atoms with Crippen LogP contribution in [0, 0.1) is 29.1 Å². The molecule has 3 fully saturated rings. The summed E-state index contributed by atoms with van der Waals surface area (Å²) in [5.74, 6) is 3.04. The van der Waals surface area contributed by atoms with Gasteiger partial charge >= 0.3 is 0 Å².